The molecule has 0 N–H and O–H groups in total. The number of rotatable bonds is 13. The van der Waals surface area contributed by atoms with Gasteiger partial charge in [0.05, 0.1) is 53.2 Å². The van der Waals surface area contributed by atoms with Crippen LogP contribution in [0.25, 0.3) is 11.1 Å². The first-order chi connectivity index (χ1) is 22.3. The number of ether oxygens (including phenoxy) is 6. The van der Waals surface area contributed by atoms with E-state index in [1.165, 1.54) is 41.6 Å². The van der Waals surface area contributed by atoms with Gasteiger partial charge in [0.15, 0.2) is 40.3 Å². The molecule has 0 unspecified atom stereocenters. The highest BCUT2D eigenvalue weighted by molar-refractivity contribution is 6.49. The van der Waals surface area contributed by atoms with E-state index in [1.54, 1.807) is 48.5 Å². The van der Waals surface area contributed by atoms with Crippen molar-refractivity contribution in [2.24, 2.45) is 0 Å². The fourth-order valence-electron chi connectivity index (χ4n) is 5.17. The van der Waals surface area contributed by atoms with Crippen LogP contribution in [0.15, 0.2) is 84.9 Å². The van der Waals surface area contributed by atoms with Crippen LogP contribution in [0.3, 0.4) is 0 Å². The van der Waals surface area contributed by atoms with Gasteiger partial charge in [0.25, 0.3) is 11.8 Å². The van der Waals surface area contributed by atoms with Gasteiger partial charge in [-0.05, 0) is 59.2 Å². The summed E-state index contributed by atoms with van der Waals surface area (Å²) in [6.07, 6.45) is 0. The lowest BCUT2D eigenvalue weighted by molar-refractivity contribution is -0.135. The zero-order valence-electron chi connectivity index (χ0n) is 26.1. The van der Waals surface area contributed by atoms with E-state index < -0.39 is 24.1 Å². The van der Waals surface area contributed by atoms with Crippen molar-refractivity contribution in [2.75, 3.05) is 42.1 Å². The third kappa shape index (κ3) is 6.23. The zero-order chi connectivity index (χ0) is 32.8. The summed E-state index contributed by atoms with van der Waals surface area (Å²) in [6, 6.07) is 24.2. The van der Waals surface area contributed by atoms with Crippen molar-refractivity contribution >= 4 is 28.7 Å². The van der Waals surface area contributed by atoms with Crippen molar-refractivity contribution in [1.82, 2.24) is 4.90 Å². The summed E-state index contributed by atoms with van der Waals surface area (Å²) in [6.45, 7) is -0.191. The first-order valence-corrected chi connectivity index (χ1v) is 14.3. The fourth-order valence-corrected chi connectivity index (χ4v) is 5.17. The monoisotopic (exact) mass is 623 g/mol. The lowest BCUT2D eigenvalue weighted by Crippen LogP contribution is -2.36. The van der Waals surface area contributed by atoms with Gasteiger partial charge in [-0.15, -0.1) is 0 Å². The Labute approximate surface area is 266 Å². The molecule has 0 atom stereocenters. The highest BCUT2D eigenvalue weighted by Crippen LogP contribution is 2.41. The van der Waals surface area contributed by atoms with E-state index in [9.17, 15) is 14.4 Å². The van der Waals surface area contributed by atoms with E-state index in [-0.39, 0.29) is 16.7 Å². The number of ketones is 1. The molecule has 0 radical (unpaired) electrons. The van der Waals surface area contributed by atoms with Crippen molar-refractivity contribution in [3.8, 4) is 34.5 Å². The number of benzene rings is 4. The van der Waals surface area contributed by atoms with Gasteiger partial charge >= 0.3 is 0 Å². The molecule has 0 saturated heterocycles. The van der Waals surface area contributed by atoms with Crippen LogP contribution in [0.4, 0.5) is 0 Å². The molecule has 0 saturated carbocycles. The molecular weight excluding hydrogens is 590 g/mol. The average molecular weight is 624 g/mol. The largest absolute Gasteiger partial charge is 0.493 e. The van der Waals surface area contributed by atoms with E-state index >= 15 is 0 Å². The van der Waals surface area contributed by atoms with Crippen LogP contribution < -0.4 is 28.4 Å². The minimum absolute atomic E-state index is 0.105. The molecule has 4 aromatic rings. The molecule has 0 aliphatic carbocycles. The number of hydrogen-bond acceptors (Lipinski definition) is 9. The Morgan fingerprint density at radius 3 is 1.54 bits per heavy atom. The molecule has 10 nitrogen and oxygen atoms in total. The first kappa shape index (κ1) is 31.6. The Morgan fingerprint density at radius 2 is 1.04 bits per heavy atom. The zero-order valence-corrected chi connectivity index (χ0v) is 26.1. The predicted molar refractivity (Wildman–Crippen MR) is 171 cm³/mol. The standard InChI is InChI=1S/C36H33NO9/c1-41-27-14-12-24(18-30(27)43-3)33-34(25-13-15-28(42-2)31(19-25)44-4)36(40)37(35(33)39)20-26(38)23-11-16-29(32(17-23)45-5)46-21-22-9-7-6-8-10-22/h6-19H,20-21H2,1-5H3. The Morgan fingerprint density at radius 1 is 0.565 bits per heavy atom. The third-order valence-corrected chi connectivity index (χ3v) is 7.54. The number of Topliss-reactive ketones (excluding diaryl/α,β-unsaturated/α-hetero) is 1. The van der Waals surface area contributed by atoms with E-state index in [2.05, 4.69) is 0 Å². The normalized spacial score (nSPS) is 12.7. The van der Waals surface area contributed by atoms with Crippen LogP contribution >= 0.6 is 0 Å². The number of nitrogens with zero attached hydrogens (tertiary/aromatic N) is 1. The van der Waals surface area contributed by atoms with Gasteiger partial charge in [0, 0.05) is 5.56 Å². The molecule has 1 aliphatic heterocycles. The quantitative estimate of drug-likeness (QED) is 0.141. The molecule has 46 heavy (non-hydrogen) atoms. The van der Waals surface area contributed by atoms with Gasteiger partial charge in [-0.25, -0.2) is 0 Å². The lowest BCUT2D eigenvalue weighted by atomic mass is 9.95. The van der Waals surface area contributed by atoms with Gasteiger partial charge in [-0.3, -0.25) is 19.3 Å². The molecule has 10 heteroatoms. The number of carbonyl (C=O) groups excluding carboxylic acids is 3. The average Bonchev–Trinajstić information content (AvgIpc) is 3.35. The van der Waals surface area contributed by atoms with Gasteiger partial charge in [-0.1, -0.05) is 42.5 Å². The molecule has 236 valence electrons. The minimum Gasteiger partial charge on any atom is -0.493 e. The predicted octanol–water partition coefficient (Wildman–Crippen LogP) is 5.47. The van der Waals surface area contributed by atoms with Crippen molar-refractivity contribution in [2.45, 2.75) is 6.61 Å². The summed E-state index contributed by atoms with van der Waals surface area (Å²) >= 11 is 0. The van der Waals surface area contributed by atoms with Crippen molar-refractivity contribution in [3.63, 3.8) is 0 Å². The Balaban J connectivity index is 1.48. The fraction of sp³-hybridized carbons (Fsp3) is 0.194. The van der Waals surface area contributed by atoms with E-state index in [1.807, 2.05) is 30.3 Å². The number of methoxy groups -OCH3 is 5. The molecule has 4 aromatic carbocycles. The van der Waals surface area contributed by atoms with E-state index in [4.69, 9.17) is 28.4 Å². The Hall–Kier alpha value is -5.77. The lowest BCUT2D eigenvalue weighted by Gasteiger charge is -2.16. The second-order valence-corrected chi connectivity index (χ2v) is 10.1. The summed E-state index contributed by atoms with van der Waals surface area (Å²) in [4.78, 5) is 42.5. The molecule has 0 spiro atoms. The molecule has 5 rings (SSSR count). The van der Waals surface area contributed by atoms with Crippen LogP contribution in [-0.4, -0.2) is 64.6 Å². The number of carbonyl (C=O) groups is 3. The van der Waals surface area contributed by atoms with Gasteiger partial charge in [-0.2, -0.15) is 0 Å². The minimum atomic E-state index is -0.634. The topological polar surface area (TPSA) is 110 Å². The van der Waals surface area contributed by atoms with Crippen LogP contribution in [0.5, 0.6) is 34.5 Å². The van der Waals surface area contributed by atoms with Crippen molar-refractivity contribution in [3.05, 3.63) is 107 Å². The van der Waals surface area contributed by atoms with Crippen molar-refractivity contribution in [1.29, 1.82) is 0 Å². The Bertz CT molecular complexity index is 1740. The third-order valence-electron chi connectivity index (χ3n) is 7.54. The van der Waals surface area contributed by atoms with E-state index in [0.717, 1.165) is 10.5 Å². The summed E-state index contributed by atoms with van der Waals surface area (Å²) in [5, 5.41) is 0. The van der Waals surface area contributed by atoms with Crippen LogP contribution in [0, 0.1) is 0 Å². The first-order valence-electron chi connectivity index (χ1n) is 14.3. The number of amides is 2. The summed E-state index contributed by atoms with van der Waals surface area (Å²) in [5.74, 6) is 0.707. The second kappa shape index (κ2) is 13.9. The SMILES string of the molecule is COc1ccc(C2=C(c3ccc(OC)c(OC)c3)C(=O)N(CC(=O)c3ccc(OCc4ccccc4)c(OC)c3)C2=O)cc1OC. The maximum Gasteiger partial charge on any atom is 0.262 e. The number of hydrogen-bond donors (Lipinski definition) is 0. The summed E-state index contributed by atoms with van der Waals surface area (Å²) in [5.41, 5.74) is 2.26. The molecule has 0 fully saturated rings. The van der Waals surface area contributed by atoms with E-state index in [0.29, 0.717) is 52.2 Å². The molecule has 1 heterocycles. The smallest absolute Gasteiger partial charge is 0.262 e. The maximum absolute atomic E-state index is 14.0. The van der Waals surface area contributed by atoms with Crippen molar-refractivity contribution < 1.29 is 42.8 Å². The number of imide groups is 1. The molecule has 2 amide bonds. The van der Waals surface area contributed by atoms with Gasteiger partial charge < -0.3 is 28.4 Å². The highest BCUT2D eigenvalue weighted by atomic mass is 16.5. The molecular formula is C36H33NO9. The molecule has 1 aliphatic rings. The summed E-state index contributed by atoms with van der Waals surface area (Å²) < 4.78 is 33.0. The van der Waals surface area contributed by atoms with Gasteiger partial charge in [0.1, 0.15) is 6.61 Å². The van der Waals surface area contributed by atoms with Crippen LogP contribution in [0.1, 0.15) is 27.0 Å². The Kier molecular flexibility index (Phi) is 9.56. The van der Waals surface area contributed by atoms with Crippen LogP contribution in [-0.2, 0) is 16.2 Å². The highest BCUT2D eigenvalue weighted by Gasteiger charge is 2.41. The molecule has 0 aromatic heterocycles. The van der Waals surface area contributed by atoms with Gasteiger partial charge in [0.2, 0.25) is 0 Å². The maximum atomic E-state index is 14.0. The molecule has 0 bridgehead atoms. The van der Waals surface area contributed by atoms with Crippen LogP contribution in [0.2, 0.25) is 0 Å². The second-order valence-electron chi connectivity index (χ2n) is 10.1. The summed E-state index contributed by atoms with van der Waals surface area (Å²) in [7, 11) is 7.43.